The predicted octanol–water partition coefficient (Wildman–Crippen LogP) is 3.63. The van der Waals surface area contributed by atoms with Crippen molar-refractivity contribution in [2.24, 2.45) is 0 Å². The number of aromatic nitrogens is 3. The second-order valence-corrected chi connectivity index (χ2v) is 6.64. The molecule has 0 bridgehead atoms. The molecule has 2 heterocycles. The van der Waals surface area contributed by atoms with Crippen LogP contribution >= 0.6 is 0 Å². The van der Waals surface area contributed by atoms with Crippen molar-refractivity contribution in [3.8, 4) is 5.69 Å². The van der Waals surface area contributed by atoms with E-state index in [1.165, 1.54) is 24.8 Å². The molecule has 0 N–H and O–H groups in total. The Bertz CT molecular complexity index is 1200. The molecule has 0 saturated carbocycles. The summed E-state index contributed by atoms with van der Waals surface area (Å²) in [4.78, 5) is 40.9. The molecule has 0 amide bonds. The number of hydrogen-bond donors (Lipinski definition) is 0. The summed E-state index contributed by atoms with van der Waals surface area (Å²) in [5.41, 5.74) is 1.53. The summed E-state index contributed by atoms with van der Waals surface area (Å²) < 4.78 is 21.8. The van der Waals surface area contributed by atoms with E-state index in [1.807, 2.05) is 6.92 Å². The Kier molecular flexibility index (Phi) is 5.96. The van der Waals surface area contributed by atoms with Gasteiger partial charge < -0.3 is 4.74 Å². The zero-order valence-corrected chi connectivity index (χ0v) is 17.2. The number of benzene rings is 1. The number of hydrogen-bond acceptors (Lipinski definition) is 5. The Morgan fingerprint density at radius 3 is 2.47 bits per heavy atom. The van der Waals surface area contributed by atoms with E-state index in [0.717, 1.165) is 6.29 Å². The third-order valence-electron chi connectivity index (χ3n) is 4.90. The molecular formula is C22H22FN3O4. The fourth-order valence-electron chi connectivity index (χ4n) is 3.40. The minimum absolute atomic E-state index is 0.0144. The van der Waals surface area contributed by atoms with Gasteiger partial charge >= 0.3 is 5.97 Å². The van der Waals surface area contributed by atoms with Crippen LogP contribution in [0.25, 0.3) is 22.2 Å². The van der Waals surface area contributed by atoms with Gasteiger partial charge in [-0.1, -0.05) is 18.2 Å². The number of aldehydes is 1. The number of pyridine rings is 1. The number of rotatable bonds is 6. The highest BCUT2D eigenvalue weighted by Gasteiger charge is 2.24. The third kappa shape index (κ3) is 3.45. The number of methoxy groups -OCH3 is 1. The van der Waals surface area contributed by atoms with Gasteiger partial charge in [-0.05, 0) is 44.5 Å². The van der Waals surface area contributed by atoms with Crippen LogP contribution < -0.4 is 5.56 Å². The SMILES string of the molecule is C/C=C(/C=O)c1ccc(-n2c(=O)c3cc(C(C)F)nc(C(=O)OC)c3n2CC)cc1. The number of ether oxygens (including phenoxy) is 1. The lowest BCUT2D eigenvalue weighted by Gasteiger charge is -2.13. The molecule has 0 spiro atoms. The number of fused-ring (bicyclic) bond motifs is 1. The Balaban J connectivity index is 2.33. The van der Waals surface area contributed by atoms with Crippen molar-refractivity contribution < 1.29 is 18.7 Å². The van der Waals surface area contributed by atoms with Gasteiger partial charge in [0.25, 0.3) is 5.56 Å². The molecule has 3 aromatic rings. The molecule has 156 valence electrons. The van der Waals surface area contributed by atoms with Gasteiger partial charge in [0.2, 0.25) is 0 Å². The zero-order valence-electron chi connectivity index (χ0n) is 17.2. The highest BCUT2D eigenvalue weighted by molar-refractivity contribution is 6.06. The average Bonchev–Trinajstić information content (AvgIpc) is 3.05. The van der Waals surface area contributed by atoms with Gasteiger partial charge in [0, 0.05) is 12.1 Å². The van der Waals surface area contributed by atoms with Crippen molar-refractivity contribution in [2.75, 3.05) is 7.11 Å². The summed E-state index contributed by atoms with van der Waals surface area (Å²) in [7, 11) is 1.21. The lowest BCUT2D eigenvalue weighted by atomic mass is 10.1. The van der Waals surface area contributed by atoms with Crippen molar-refractivity contribution in [2.45, 2.75) is 33.5 Å². The Morgan fingerprint density at radius 2 is 1.97 bits per heavy atom. The van der Waals surface area contributed by atoms with Gasteiger partial charge in [-0.2, -0.15) is 0 Å². The van der Waals surface area contributed by atoms with E-state index in [-0.39, 0.29) is 22.3 Å². The molecule has 2 aromatic heterocycles. The van der Waals surface area contributed by atoms with Gasteiger partial charge in [0.1, 0.15) is 18.0 Å². The molecule has 0 aliphatic carbocycles. The number of halogens is 1. The number of aryl methyl sites for hydroxylation is 1. The molecule has 3 rings (SSSR count). The minimum atomic E-state index is -1.46. The molecule has 1 aromatic carbocycles. The maximum absolute atomic E-state index is 14.0. The summed E-state index contributed by atoms with van der Waals surface area (Å²) in [6.07, 6.45) is 1.00. The maximum atomic E-state index is 14.0. The summed E-state index contributed by atoms with van der Waals surface area (Å²) in [6.45, 7) is 5.23. The summed E-state index contributed by atoms with van der Waals surface area (Å²) >= 11 is 0. The van der Waals surface area contributed by atoms with Crippen molar-refractivity contribution in [3.63, 3.8) is 0 Å². The molecule has 0 aliphatic heterocycles. The smallest absolute Gasteiger partial charge is 0.358 e. The first-order valence-electron chi connectivity index (χ1n) is 9.49. The third-order valence-corrected chi connectivity index (χ3v) is 4.90. The summed E-state index contributed by atoms with van der Waals surface area (Å²) in [6, 6.07) is 8.25. The second-order valence-electron chi connectivity index (χ2n) is 6.64. The van der Waals surface area contributed by atoms with Crippen molar-refractivity contribution >= 4 is 28.7 Å². The van der Waals surface area contributed by atoms with Crippen LogP contribution in [0.5, 0.6) is 0 Å². The molecule has 30 heavy (non-hydrogen) atoms. The Hall–Kier alpha value is -3.55. The minimum Gasteiger partial charge on any atom is -0.464 e. The number of esters is 1. The van der Waals surface area contributed by atoms with Crippen LogP contribution in [0.2, 0.25) is 0 Å². The maximum Gasteiger partial charge on any atom is 0.358 e. The quantitative estimate of drug-likeness (QED) is 0.351. The van der Waals surface area contributed by atoms with Gasteiger partial charge in [-0.25, -0.2) is 18.9 Å². The second kappa shape index (κ2) is 8.44. The molecular weight excluding hydrogens is 389 g/mol. The van der Waals surface area contributed by atoms with Gasteiger partial charge in [0.15, 0.2) is 5.69 Å². The fraction of sp³-hybridized carbons (Fsp3) is 0.273. The Morgan fingerprint density at radius 1 is 1.30 bits per heavy atom. The topological polar surface area (TPSA) is 83.2 Å². The van der Waals surface area contributed by atoms with Crippen LogP contribution in [0, 0.1) is 0 Å². The van der Waals surface area contributed by atoms with Crippen LogP contribution in [0.4, 0.5) is 4.39 Å². The van der Waals surface area contributed by atoms with Crippen LogP contribution in [0.3, 0.4) is 0 Å². The molecule has 7 nitrogen and oxygen atoms in total. The first-order chi connectivity index (χ1) is 14.4. The van der Waals surface area contributed by atoms with Crippen LogP contribution in [0.1, 0.15) is 48.7 Å². The van der Waals surface area contributed by atoms with Crippen LogP contribution in [-0.2, 0) is 16.1 Å². The largest absolute Gasteiger partial charge is 0.464 e. The van der Waals surface area contributed by atoms with E-state index in [4.69, 9.17) is 4.74 Å². The number of carbonyl (C=O) groups excluding carboxylic acids is 2. The predicted molar refractivity (Wildman–Crippen MR) is 112 cm³/mol. The van der Waals surface area contributed by atoms with E-state index in [2.05, 4.69) is 4.98 Å². The number of carbonyl (C=O) groups is 2. The van der Waals surface area contributed by atoms with Crippen molar-refractivity contribution in [3.05, 3.63) is 63.7 Å². The molecule has 8 heteroatoms. The molecule has 0 aliphatic rings. The van der Waals surface area contributed by atoms with Crippen molar-refractivity contribution in [1.29, 1.82) is 0 Å². The van der Waals surface area contributed by atoms with Crippen LogP contribution in [-0.4, -0.2) is 33.7 Å². The van der Waals surface area contributed by atoms with E-state index in [1.54, 1.807) is 41.9 Å². The van der Waals surface area contributed by atoms with Gasteiger partial charge in [-0.15, -0.1) is 0 Å². The van der Waals surface area contributed by atoms with Crippen LogP contribution in [0.15, 0.2) is 41.2 Å². The number of alkyl halides is 1. The highest BCUT2D eigenvalue weighted by Crippen LogP contribution is 2.25. The molecule has 0 fully saturated rings. The summed E-state index contributed by atoms with van der Waals surface area (Å²) in [5.74, 6) is -0.749. The number of allylic oxidation sites excluding steroid dienone is 2. The lowest BCUT2D eigenvalue weighted by Crippen LogP contribution is -2.21. The van der Waals surface area contributed by atoms with E-state index >= 15 is 0 Å². The molecule has 0 saturated heterocycles. The summed E-state index contributed by atoms with van der Waals surface area (Å²) in [5, 5.41) is 0.179. The van der Waals surface area contributed by atoms with Crippen molar-refractivity contribution in [1.82, 2.24) is 14.3 Å². The standard InChI is InChI=1S/C22H22FN3O4/c1-5-14(12-27)15-7-9-16(10-8-15)26-21(28)17-11-18(13(3)23)24-19(22(29)30-4)20(17)25(26)6-2/h5,7-13H,6H2,1-4H3/b14-5-. The zero-order chi connectivity index (χ0) is 22.0. The fourth-order valence-corrected chi connectivity index (χ4v) is 3.40. The molecule has 0 radical (unpaired) electrons. The van der Waals surface area contributed by atoms with E-state index in [0.29, 0.717) is 23.4 Å². The average molecular weight is 411 g/mol. The van der Waals surface area contributed by atoms with E-state index in [9.17, 15) is 18.8 Å². The monoisotopic (exact) mass is 411 g/mol. The molecule has 1 atom stereocenters. The normalized spacial score (nSPS) is 12.8. The van der Waals surface area contributed by atoms with Gasteiger partial charge in [0.05, 0.1) is 23.9 Å². The Labute approximate surface area is 172 Å². The first-order valence-corrected chi connectivity index (χ1v) is 9.49. The van der Waals surface area contributed by atoms with E-state index < -0.39 is 17.7 Å². The van der Waals surface area contributed by atoms with Gasteiger partial charge in [-0.3, -0.25) is 14.3 Å². The highest BCUT2D eigenvalue weighted by atomic mass is 19.1. The number of nitrogens with zero attached hydrogens (tertiary/aromatic N) is 3. The lowest BCUT2D eigenvalue weighted by molar-refractivity contribution is -0.103. The molecule has 1 unspecified atom stereocenters. The first kappa shape index (κ1) is 21.2.